The number of amides is 2. The monoisotopic (exact) mass is 692 g/mol. The second-order valence-corrected chi connectivity index (χ2v) is 13.7. The second-order valence-electron chi connectivity index (χ2n) is 11.4. The van der Waals surface area contributed by atoms with E-state index in [2.05, 4.69) is 5.32 Å². The molecule has 4 aromatic rings. The van der Waals surface area contributed by atoms with Crippen molar-refractivity contribution in [3.8, 4) is 5.75 Å². The Balaban J connectivity index is 1.85. The van der Waals surface area contributed by atoms with Crippen molar-refractivity contribution in [1.29, 1.82) is 0 Å². The lowest BCUT2D eigenvalue weighted by Crippen LogP contribution is -2.54. The van der Waals surface area contributed by atoms with Crippen LogP contribution in [0.5, 0.6) is 5.75 Å². The van der Waals surface area contributed by atoms with Gasteiger partial charge in [0.25, 0.3) is 15.7 Å². The minimum atomic E-state index is -4.57. The molecular weight excluding hydrogens is 656 g/mol. The van der Waals surface area contributed by atoms with Crippen molar-refractivity contribution in [2.24, 2.45) is 0 Å². The van der Waals surface area contributed by atoms with Gasteiger partial charge in [0, 0.05) is 35.7 Å². The number of nitro benzene ring substituents is 1. The van der Waals surface area contributed by atoms with Crippen LogP contribution in [-0.4, -0.2) is 55.8 Å². The molecule has 48 heavy (non-hydrogen) atoms. The predicted molar refractivity (Wildman–Crippen MR) is 185 cm³/mol. The summed E-state index contributed by atoms with van der Waals surface area (Å²) in [6.45, 7) is 4.27. The summed E-state index contributed by atoms with van der Waals surface area (Å²) in [5.74, 6) is -0.681. The molecule has 0 aliphatic carbocycles. The third-order valence-corrected chi connectivity index (χ3v) is 9.74. The highest BCUT2D eigenvalue weighted by Crippen LogP contribution is 2.30. The van der Waals surface area contributed by atoms with Gasteiger partial charge in [0.1, 0.15) is 18.3 Å². The first-order valence-corrected chi connectivity index (χ1v) is 16.9. The summed E-state index contributed by atoms with van der Waals surface area (Å²) in [6.07, 6.45) is 0.134. The largest absolute Gasteiger partial charge is 0.497 e. The van der Waals surface area contributed by atoms with Gasteiger partial charge in [-0.3, -0.25) is 24.0 Å². The fraction of sp³-hybridized carbons (Fsp3) is 0.257. The maximum Gasteiger partial charge on any atom is 0.273 e. The van der Waals surface area contributed by atoms with Crippen LogP contribution in [0.2, 0.25) is 5.02 Å². The first-order valence-electron chi connectivity index (χ1n) is 15.1. The highest BCUT2D eigenvalue weighted by atomic mass is 35.5. The van der Waals surface area contributed by atoms with Crippen LogP contribution in [0.15, 0.2) is 102 Å². The highest BCUT2D eigenvalue weighted by Gasteiger charge is 2.35. The first-order chi connectivity index (χ1) is 22.8. The normalized spacial score (nSPS) is 11.9. The van der Waals surface area contributed by atoms with Crippen LogP contribution in [0.1, 0.15) is 30.5 Å². The maximum absolute atomic E-state index is 14.6. The summed E-state index contributed by atoms with van der Waals surface area (Å²) in [5.41, 5.74) is 1.33. The Morgan fingerprint density at radius 1 is 0.958 bits per heavy atom. The second kappa shape index (κ2) is 15.8. The van der Waals surface area contributed by atoms with Crippen molar-refractivity contribution in [3.63, 3.8) is 0 Å². The van der Waals surface area contributed by atoms with Crippen molar-refractivity contribution in [2.45, 2.75) is 50.7 Å². The maximum atomic E-state index is 14.6. The van der Waals surface area contributed by atoms with Crippen LogP contribution in [-0.2, 0) is 32.6 Å². The molecule has 0 fully saturated rings. The fourth-order valence-corrected chi connectivity index (χ4v) is 6.73. The molecule has 0 heterocycles. The number of nitrogens with one attached hydrogen (secondary N) is 1. The molecule has 0 aliphatic rings. The molecule has 0 saturated carbocycles. The number of methoxy groups -OCH3 is 1. The number of halogens is 1. The number of aryl methyl sites for hydroxylation is 1. The van der Waals surface area contributed by atoms with E-state index in [1.807, 2.05) is 30.3 Å². The number of benzene rings is 4. The van der Waals surface area contributed by atoms with Crippen LogP contribution in [0.25, 0.3) is 0 Å². The number of nitrogens with zero attached hydrogens (tertiary/aromatic N) is 3. The van der Waals surface area contributed by atoms with Crippen LogP contribution < -0.4 is 14.4 Å². The Morgan fingerprint density at radius 3 is 2.21 bits per heavy atom. The summed E-state index contributed by atoms with van der Waals surface area (Å²) in [5, 5.41) is 15.0. The van der Waals surface area contributed by atoms with E-state index in [9.17, 15) is 28.1 Å². The fourth-order valence-electron chi connectivity index (χ4n) is 5.10. The average Bonchev–Trinajstić information content (AvgIpc) is 3.06. The van der Waals surface area contributed by atoms with E-state index >= 15 is 0 Å². The first kappa shape index (κ1) is 35.9. The van der Waals surface area contributed by atoms with E-state index in [1.54, 1.807) is 38.1 Å². The molecule has 4 aromatic carbocycles. The lowest BCUT2D eigenvalue weighted by Gasteiger charge is -2.34. The van der Waals surface area contributed by atoms with Gasteiger partial charge in [-0.1, -0.05) is 66.2 Å². The zero-order valence-corrected chi connectivity index (χ0v) is 28.6. The lowest BCUT2D eigenvalue weighted by atomic mass is 10.0. The topological polar surface area (TPSA) is 139 Å². The number of sulfonamides is 1. The molecule has 0 aliphatic heterocycles. The summed E-state index contributed by atoms with van der Waals surface area (Å²) < 4.78 is 34.7. The summed E-state index contributed by atoms with van der Waals surface area (Å²) in [4.78, 5) is 40.4. The Bertz CT molecular complexity index is 1870. The van der Waals surface area contributed by atoms with Gasteiger partial charge in [0.2, 0.25) is 11.8 Å². The SMILES string of the molecule is COc1ccc(N(CC(=O)N(Cc2ccccc2Cl)[C@H](Cc2ccccc2)C(=O)NC(C)C)S(=O)(=O)c2ccc(C)c([N+](=O)[O-])c2)cc1. The minimum Gasteiger partial charge on any atom is -0.497 e. The third-order valence-electron chi connectivity index (χ3n) is 7.61. The van der Waals surface area contributed by atoms with E-state index in [0.717, 1.165) is 15.9 Å². The molecule has 2 amide bonds. The van der Waals surface area contributed by atoms with E-state index in [0.29, 0.717) is 16.3 Å². The number of hydrogen-bond donors (Lipinski definition) is 1. The number of carbonyl (C=O) groups is 2. The van der Waals surface area contributed by atoms with Crippen molar-refractivity contribution >= 4 is 44.8 Å². The number of ether oxygens (including phenoxy) is 1. The minimum absolute atomic E-state index is 0.103. The van der Waals surface area contributed by atoms with Crippen LogP contribution in [0.3, 0.4) is 0 Å². The Morgan fingerprint density at radius 2 is 1.60 bits per heavy atom. The zero-order chi connectivity index (χ0) is 35.0. The Kier molecular flexibility index (Phi) is 11.8. The lowest BCUT2D eigenvalue weighted by molar-refractivity contribution is -0.385. The van der Waals surface area contributed by atoms with Crippen LogP contribution >= 0.6 is 11.6 Å². The van der Waals surface area contributed by atoms with Crippen molar-refractivity contribution in [3.05, 3.63) is 129 Å². The van der Waals surface area contributed by atoms with Crippen molar-refractivity contribution < 1.29 is 27.7 Å². The molecule has 0 aromatic heterocycles. The molecule has 0 spiro atoms. The van der Waals surface area contributed by atoms with E-state index in [4.69, 9.17) is 16.3 Å². The van der Waals surface area contributed by atoms with Crippen molar-refractivity contribution in [1.82, 2.24) is 10.2 Å². The summed E-state index contributed by atoms with van der Waals surface area (Å²) in [7, 11) is -3.11. The summed E-state index contributed by atoms with van der Waals surface area (Å²) in [6, 6.07) is 24.3. The predicted octanol–water partition coefficient (Wildman–Crippen LogP) is 5.93. The Labute approximate surface area is 285 Å². The molecule has 1 N–H and O–H groups in total. The van der Waals surface area contributed by atoms with Gasteiger partial charge in [-0.25, -0.2) is 8.42 Å². The standard InChI is InChI=1S/C35H37ClN4O7S/c1-24(2)37-35(42)33(20-26-10-6-5-7-11-26)38(22-27-12-8-9-13-31(27)36)34(41)23-39(28-15-17-29(47-4)18-16-28)48(45,46)30-19-14-25(3)32(21-30)40(43)44/h5-19,21,24,33H,20,22-23H2,1-4H3,(H,37,42)/t33-/m1/s1. The van der Waals surface area contributed by atoms with Crippen molar-refractivity contribution in [2.75, 3.05) is 18.0 Å². The van der Waals surface area contributed by atoms with Gasteiger partial charge in [0.15, 0.2) is 0 Å². The average molecular weight is 693 g/mol. The zero-order valence-electron chi connectivity index (χ0n) is 27.0. The Hall–Kier alpha value is -4.94. The van der Waals surface area contributed by atoms with Gasteiger partial charge < -0.3 is 15.0 Å². The molecule has 11 nitrogen and oxygen atoms in total. The van der Waals surface area contributed by atoms with E-state index in [1.165, 1.54) is 55.3 Å². The number of hydrogen-bond acceptors (Lipinski definition) is 7. The summed E-state index contributed by atoms with van der Waals surface area (Å²) >= 11 is 6.53. The van der Waals surface area contributed by atoms with E-state index < -0.39 is 39.3 Å². The molecule has 0 saturated heterocycles. The molecule has 0 radical (unpaired) electrons. The molecule has 0 unspecified atom stereocenters. The molecule has 13 heteroatoms. The molecule has 1 atom stereocenters. The third kappa shape index (κ3) is 8.69. The van der Waals surface area contributed by atoms with Gasteiger partial charge in [-0.2, -0.15) is 0 Å². The molecular formula is C35H37ClN4O7S. The number of carbonyl (C=O) groups excluding carboxylic acids is 2. The van der Waals surface area contributed by atoms with Gasteiger partial charge in [0.05, 0.1) is 22.6 Å². The van der Waals surface area contributed by atoms with Crippen LogP contribution in [0, 0.1) is 17.0 Å². The highest BCUT2D eigenvalue weighted by molar-refractivity contribution is 7.92. The van der Waals surface area contributed by atoms with Gasteiger partial charge >= 0.3 is 0 Å². The quantitative estimate of drug-likeness (QED) is 0.128. The smallest absolute Gasteiger partial charge is 0.273 e. The number of rotatable bonds is 14. The van der Waals surface area contributed by atoms with Gasteiger partial charge in [-0.15, -0.1) is 0 Å². The van der Waals surface area contributed by atoms with Gasteiger partial charge in [-0.05, 0) is 68.3 Å². The van der Waals surface area contributed by atoms with Crippen LogP contribution in [0.4, 0.5) is 11.4 Å². The molecule has 252 valence electrons. The van der Waals surface area contributed by atoms with E-state index in [-0.39, 0.29) is 40.8 Å². The molecule has 0 bridgehead atoms. The molecule has 4 rings (SSSR count). The number of anilines is 1. The number of nitro groups is 1.